The summed E-state index contributed by atoms with van der Waals surface area (Å²) in [6.45, 7) is 3.75. The topological polar surface area (TPSA) is 63.2 Å². The predicted octanol–water partition coefficient (Wildman–Crippen LogP) is 3.28. The highest BCUT2D eigenvalue weighted by Gasteiger charge is 2.23. The molecule has 22 heavy (non-hydrogen) atoms. The van der Waals surface area contributed by atoms with Crippen LogP contribution in [0.3, 0.4) is 0 Å². The van der Waals surface area contributed by atoms with Crippen LogP contribution in [0.25, 0.3) is 0 Å². The van der Waals surface area contributed by atoms with Gasteiger partial charge in [-0.3, -0.25) is 4.79 Å². The molecule has 0 bridgehead atoms. The lowest BCUT2D eigenvalue weighted by Crippen LogP contribution is -2.41. The van der Waals surface area contributed by atoms with Crippen molar-refractivity contribution < 1.29 is 13.2 Å². The normalized spacial score (nSPS) is 12.0. The first-order chi connectivity index (χ1) is 10.2. The van der Waals surface area contributed by atoms with Crippen LogP contribution in [0.15, 0.2) is 59.5 Å². The molecule has 2 aromatic rings. The minimum absolute atomic E-state index is 0.0978. The Labute approximate surface area is 134 Å². The number of hydrogen-bond donors (Lipinski definition) is 1. The maximum atomic E-state index is 12.4. The Morgan fingerprint density at radius 3 is 2.27 bits per heavy atom. The molecule has 2 aromatic carbocycles. The van der Waals surface area contributed by atoms with Crippen molar-refractivity contribution in [2.45, 2.75) is 24.3 Å². The molecular formula is C16H16ClNO3S. The van der Waals surface area contributed by atoms with E-state index < -0.39 is 14.6 Å². The number of rotatable bonds is 4. The summed E-state index contributed by atoms with van der Waals surface area (Å²) in [5, 5.41) is 2.89. The van der Waals surface area contributed by atoms with E-state index in [1.807, 2.05) is 44.2 Å². The number of carbonyl (C=O) groups is 1. The number of hydrogen-bond acceptors (Lipinski definition) is 3. The van der Waals surface area contributed by atoms with E-state index in [0.717, 1.165) is 5.56 Å². The number of halogens is 1. The van der Waals surface area contributed by atoms with Crippen molar-refractivity contribution in [3.05, 3.63) is 65.7 Å². The third-order valence-electron chi connectivity index (χ3n) is 3.30. The maximum Gasteiger partial charge on any atom is 0.261 e. The summed E-state index contributed by atoms with van der Waals surface area (Å²) in [6.07, 6.45) is 0. The first-order valence-corrected chi connectivity index (χ1v) is 8.94. The number of amides is 1. The van der Waals surface area contributed by atoms with E-state index in [9.17, 15) is 13.2 Å². The van der Waals surface area contributed by atoms with E-state index in [0.29, 0.717) is 0 Å². The summed E-state index contributed by atoms with van der Waals surface area (Å²) in [6, 6.07) is 15.2. The van der Waals surface area contributed by atoms with Crippen LogP contribution in [0.1, 0.15) is 29.8 Å². The van der Waals surface area contributed by atoms with Gasteiger partial charge in [0.2, 0.25) is 0 Å². The SMILES string of the molecule is CC(C)(NC(=O)c1cccc(S(=O)(=O)Cl)c1)c1ccccc1. The quantitative estimate of drug-likeness (QED) is 0.871. The van der Waals surface area contributed by atoms with E-state index >= 15 is 0 Å². The smallest absolute Gasteiger partial charge is 0.261 e. The van der Waals surface area contributed by atoms with Crippen LogP contribution in [0.4, 0.5) is 0 Å². The molecular weight excluding hydrogens is 322 g/mol. The Hall–Kier alpha value is -1.85. The van der Waals surface area contributed by atoms with Gasteiger partial charge < -0.3 is 5.32 Å². The Bertz CT molecular complexity index is 786. The fourth-order valence-electron chi connectivity index (χ4n) is 2.07. The van der Waals surface area contributed by atoms with Gasteiger partial charge in [-0.05, 0) is 37.6 Å². The van der Waals surface area contributed by atoms with Crippen LogP contribution >= 0.6 is 10.7 Å². The molecule has 0 saturated carbocycles. The van der Waals surface area contributed by atoms with E-state index in [1.165, 1.54) is 18.2 Å². The largest absolute Gasteiger partial charge is 0.343 e. The van der Waals surface area contributed by atoms with Crippen molar-refractivity contribution in [3.63, 3.8) is 0 Å². The molecule has 1 amide bonds. The Kier molecular flexibility index (Phi) is 4.58. The second-order valence-corrected chi connectivity index (χ2v) is 7.98. The molecule has 0 spiro atoms. The highest BCUT2D eigenvalue weighted by atomic mass is 35.7. The van der Waals surface area contributed by atoms with E-state index in [1.54, 1.807) is 6.07 Å². The van der Waals surface area contributed by atoms with Gasteiger partial charge in [-0.1, -0.05) is 36.4 Å². The average Bonchev–Trinajstić information content (AvgIpc) is 2.47. The molecule has 0 aliphatic rings. The first-order valence-electron chi connectivity index (χ1n) is 6.63. The standard InChI is InChI=1S/C16H16ClNO3S/c1-16(2,13-8-4-3-5-9-13)18-15(19)12-7-6-10-14(11-12)22(17,20)21/h3-11H,1-2H3,(H,18,19). The van der Waals surface area contributed by atoms with Crippen molar-refractivity contribution in [3.8, 4) is 0 Å². The first kappa shape index (κ1) is 16.5. The van der Waals surface area contributed by atoms with E-state index in [4.69, 9.17) is 10.7 Å². The number of carbonyl (C=O) groups excluding carboxylic acids is 1. The fraction of sp³-hybridized carbons (Fsp3) is 0.188. The molecule has 2 rings (SSSR count). The number of benzene rings is 2. The lowest BCUT2D eigenvalue weighted by atomic mass is 9.94. The monoisotopic (exact) mass is 337 g/mol. The van der Waals surface area contributed by atoms with E-state index in [-0.39, 0.29) is 16.4 Å². The Morgan fingerprint density at radius 2 is 1.68 bits per heavy atom. The second-order valence-electron chi connectivity index (χ2n) is 5.41. The third kappa shape index (κ3) is 3.87. The van der Waals surface area contributed by atoms with Crippen molar-refractivity contribution in [2.24, 2.45) is 0 Å². The van der Waals surface area contributed by atoms with Gasteiger partial charge in [-0.25, -0.2) is 8.42 Å². The molecule has 0 radical (unpaired) electrons. The lowest BCUT2D eigenvalue weighted by Gasteiger charge is -2.27. The van der Waals surface area contributed by atoms with Gasteiger partial charge in [0, 0.05) is 16.2 Å². The summed E-state index contributed by atoms with van der Waals surface area (Å²) in [7, 11) is 1.44. The van der Waals surface area contributed by atoms with Gasteiger partial charge in [0.05, 0.1) is 10.4 Å². The highest BCUT2D eigenvalue weighted by molar-refractivity contribution is 8.13. The zero-order valence-electron chi connectivity index (χ0n) is 12.2. The fourth-order valence-corrected chi connectivity index (χ4v) is 2.87. The average molecular weight is 338 g/mol. The molecule has 0 saturated heterocycles. The molecule has 116 valence electrons. The molecule has 0 aliphatic heterocycles. The summed E-state index contributed by atoms with van der Waals surface area (Å²) >= 11 is 0. The zero-order chi connectivity index (χ0) is 16.4. The Balaban J connectivity index is 2.26. The predicted molar refractivity (Wildman–Crippen MR) is 86.4 cm³/mol. The highest BCUT2D eigenvalue weighted by Crippen LogP contribution is 2.21. The lowest BCUT2D eigenvalue weighted by molar-refractivity contribution is 0.0912. The number of nitrogens with one attached hydrogen (secondary N) is 1. The van der Waals surface area contributed by atoms with Gasteiger partial charge in [0.1, 0.15) is 0 Å². The molecule has 0 fully saturated rings. The van der Waals surface area contributed by atoms with Gasteiger partial charge in [-0.15, -0.1) is 0 Å². The van der Waals surface area contributed by atoms with Crippen molar-refractivity contribution in [2.75, 3.05) is 0 Å². The molecule has 0 aromatic heterocycles. The van der Waals surface area contributed by atoms with Crippen molar-refractivity contribution >= 4 is 25.6 Å². The third-order valence-corrected chi connectivity index (χ3v) is 4.65. The van der Waals surface area contributed by atoms with Crippen LogP contribution in [-0.4, -0.2) is 14.3 Å². The molecule has 1 N–H and O–H groups in total. The van der Waals surface area contributed by atoms with Crippen LogP contribution in [0, 0.1) is 0 Å². The summed E-state index contributed by atoms with van der Waals surface area (Å²) in [5.41, 5.74) is 0.601. The van der Waals surface area contributed by atoms with Crippen molar-refractivity contribution in [1.29, 1.82) is 0 Å². The zero-order valence-corrected chi connectivity index (χ0v) is 13.8. The minimum atomic E-state index is -3.86. The summed E-state index contributed by atoms with van der Waals surface area (Å²) in [5.74, 6) is -0.365. The van der Waals surface area contributed by atoms with Crippen LogP contribution in [0.5, 0.6) is 0 Å². The molecule has 6 heteroatoms. The van der Waals surface area contributed by atoms with Crippen LogP contribution in [0.2, 0.25) is 0 Å². The minimum Gasteiger partial charge on any atom is -0.343 e. The molecule has 0 unspecified atom stereocenters. The molecule has 4 nitrogen and oxygen atoms in total. The maximum absolute atomic E-state index is 12.4. The van der Waals surface area contributed by atoms with E-state index in [2.05, 4.69) is 5.32 Å². The Morgan fingerprint density at radius 1 is 1.05 bits per heavy atom. The van der Waals surface area contributed by atoms with Crippen molar-refractivity contribution in [1.82, 2.24) is 5.32 Å². The summed E-state index contributed by atoms with van der Waals surface area (Å²) < 4.78 is 22.7. The van der Waals surface area contributed by atoms with Gasteiger partial charge >= 0.3 is 0 Å². The molecule has 0 heterocycles. The van der Waals surface area contributed by atoms with Crippen LogP contribution in [-0.2, 0) is 14.6 Å². The molecule has 0 aliphatic carbocycles. The van der Waals surface area contributed by atoms with Crippen LogP contribution < -0.4 is 5.32 Å². The van der Waals surface area contributed by atoms with Gasteiger partial charge in [-0.2, -0.15) is 0 Å². The van der Waals surface area contributed by atoms with Gasteiger partial charge in [0.25, 0.3) is 15.0 Å². The summed E-state index contributed by atoms with van der Waals surface area (Å²) in [4.78, 5) is 12.3. The van der Waals surface area contributed by atoms with Gasteiger partial charge in [0.15, 0.2) is 0 Å². The second kappa shape index (κ2) is 6.10. The molecule has 0 atom stereocenters.